The number of amides is 2. The van der Waals surface area contributed by atoms with E-state index < -0.39 is 12.0 Å². The van der Waals surface area contributed by atoms with Crippen molar-refractivity contribution in [3.63, 3.8) is 0 Å². The monoisotopic (exact) mass is 610 g/mol. The number of aromatic hydroxyl groups is 1. The van der Waals surface area contributed by atoms with Crippen LogP contribution in [0, 0.1) is 0 Å². The van der Waals surface area contributed by atoms with E-state index in [0.29, 0.717) is 19.4 Å². The molecular formula is C35H50N2O5S. The van der Waals surface area contributed by atoms with Gasteiger partial charge in [0, 0.05) is 18.7 Å². The molecule has 8 heteroatoms. The van der Waals surface area contributed by atoms with E-state index in [1.54, 1.807) is 11.8 Å². The standard InChI is InChI=1S/C35H50N2O5S/c1-3-5-6-7-8-9-10-11-12-13-14-15-16-17-18-19-20-21-27-43-33(4-2)32(39)23-22-26-36-35(42)37-29-24-25-31(38)30(28-29)34(40)41/h5-6,8-9,11-12,14-15,17-18,24-25,28,33,38H,3-4,7,10,13,16,19-23,26-27H2,1-2H3,(H,40,41)(H2,36,37,42)/b6-5-,9-8-,12-11-,15-14-,18-17-/t33-/m1/s1. The molecule has 1 rings (SSSR count). The molecule has 0 saturated heterocycles. The number of Topliss-reactive ketones (excluding diaryl/α,β-unsaturated/α-hetero) is 1. The van der Waals surface area contributed by atoms with Crippen LogP contribution in [-0.4, -0.2) is 45.5 Å². The summed E-state index contributed by atoms with van der Waals surface area (Å²) in [6.07, 6.45) is 32.0. The van der Waals surface area contributed by atoms with Gasteiger partial charge in [-0.1, -0.05) is 74.6 Å². The molecule has 4 N–H and O–H groups in total. The van der Waals surface area contributed by atoms with Crippen molar-refractivity contribution in [2.75, 3.05) is 17.6 Å². The van der Waals surface area contributed by atoms with Gasteiger partial charge < -0.3 is 20.8 Å². The zero-order chi connectivity index (χ0) is 31.5. The summed E-state index contributed by atoms with van der Waals surface area (Å²) in [4.78, 5) is 35.8. The van der Waals surface area contributed by atoms with Gasteiger partial charge in [-0.2, -0.15) is 11.8 Å². The second-order valence-electron chi connectivity index (χ2n) is 9.96. The maximum absolute atomic E-state index is 12.6. The molecule has 0 bridgehead atoms. The van der Waals surface area contributed by atoms with E-state index in [9.17, 15) is 19.5 Å². The molecule has 1 atom stereocenters. The van der Waals surface area contributed by atoms with Crippen LogP contribution in [0.3, 0.4) is 0 Å². The number of rotatable bonds is 23. The predicted octanol–water partition coefficient (Wildman–Crippen LogP) is 8.99. The van der Waals surface area contributed by atoms with Gasteiger partial charge in [-0.3, -0.25) is 4.79 Å². The van der Waals surface area contributed by atoms with Crippen molar-refractivity contribution in [1.82, 2.24) is 5.32 Å². The fourth-order valence-electron chi connectivity index (χ4n) is 3.98. The van der Waals surface area contributed by atoms with Crippen molar-refractivity contribution in [1.29, 1.82) is 0 Å². The normalized spacial score (nSPS) is 12.7. The second kappa shape index (κ2) is 25.0. The minimum atomic E-state index is -1.28. The van der Waals surface area contributed by atoms with Crippen LogP contribution in [0.4, 0.5) is 10.5 Å². The van der Waals surface area contributed by atoms with E-state index in [2.05, 4.69) is 78.3 Å². The number of carboxylic acids is 1. The molecular weight excluding hydrogens is 560 g/mol. The van der Waals surface area contributed by atoms with Gasteiger partial charge in [0.2, 0.25) is 0 Å². The molecule has 1 aromatic rings. The number of carbonyl (C=O) groups excluding carboxylic acids is 2. The van der Waals surface area contributed by atoms with Crippen LogP contribution in [0.5, 0.6) is 5.75 Å². The van der Waals surface area contributed by atoms with Crippen molar-refractivity contribution in [2.45, 2.75) is 89.7 Å². The molecule has 0 fully saturated rings. The molecule has 0 heterocycles. The van der Waals surface area contributed by atoms with Crippen LogP contribution in [0.15, 0.2) is 79.0 Å². The Morgan fingerprint density at radius 2 is 1.44 bits per heavy atom. The van der Waals surface area contributed by atoms with Crippen LogP contribution in [0.2, 0.25) is 0 Å². The first-order chi connectivity index (χ1) is 20.9. The second-order valence-corrected chi connectivity index (χ2v) is 11.3. The molecule has 43 heavy (non-hydrogen) atoms. The van der Waals surface area contributed by atoms with Gasteiger partial charge in [-0.05, 0) is 88.2 Å². The summed E-state index contributed by atoms with van der Waals surface area (Å²) in [5.41, 5.74) is -0.0340. The molecule has 0 unspecified atom stereocenters. The Morgan fingerprint density at radius 1 is 0.837 bits per heavy atom. The fourth-order valence-corrected chi connectivity index (χ4v) is 5.18. The zero-order valence-corrected chi connectivity index (χ0v) is 26.6. The van der Waals surface area contributed by atoms with E-state index in [1.165, 1.54) is 18.2 Å². The SMILES string of the molecule is CC/C=C\C/C=C\C/C=C\C/C=C\C/C=C\CCCCS[C@H](CC)C(=O)CCCNC(=O)Nc1ccc(O)c(C(=O)O)c1. The maximum atomic E-state index is 12.6. The van der Waals surface area contributed by atoms with Crippen molar-refractivity contribution in [3.05, 3.63) is 84.5 Å². The van der Waals surface area contributed by atoms with E-state index in [-0.39, 0.29) is 28.0 Å². The van der Waals surface area contributed by atoms with E-state index >= 15 is 0 Å². The molecule has 0 radical (unpaired) electrons. The third-order valence-electron chi connectivity index (χ3n) is 6.34. The Bertz CT molecular complexity index is 1110. The summed E-state index contributed by atoms with van der Waals surface area (Å²) in [5, 5.41) is 23.8. The Labute approximate surface area is 262 Å². The van der Waals surface area contributed by atoms with Gasteiger partial charge in [-0.25, -0.2) is 9.59 Å². The number of unbranched alkanes of at least 4 members (excludes halogenated alkanes) is 2. The first-order valence-corrected chi connectivity index (χ1v) is 16.4. The number of nitrogens with one attached hydrogen (secondary N) is 2. The average molecular weight is 611 g/mol. The summed E-state index contributed by atoms with van der Waals surface area (Å²) in [6.45, 7) is 4.50. The number of hydrogen-bond donors (Lipinski definition) is 4. The van der Waals surface area contributed by atoms with Gasteiger partial charge in [0.05, 0.1) is 5.25 Å². The van der Waals surface area contributed by atoms with Crippen LogP contribution in [-0.2, 0) is 4.79 Å². The van der Waals surface area contributed by atoms with Gasteiger partial charge in [0.15, 0.2) is 0 Å². The molecule has 7 nitrogen and oxygen atoms in total. The van der Waals surface area contributed by atoms with Crippen molar-refractivity contribution in [2.24, 2.45) is 0 Å². The van der Waals surface area contributed by atoms with Gasteiger partial charge >= 0.3 is 12.0 Å². The summed E-state index contributed by atoms with van der Waals surface area (Å²) in [5.74, 6) is -0.489. The number of ketones is 1. The average Bonchev–Trinajstić information content (AvgIpc) is 2.99. The molecule has 0 aliphatic carbocycles. The van der Waals surface area contributed by atoms with Gasteiger partial charge in [-0.15, -0.1) is 0 Å². The number of carbonyl (C=O) groups is 3. The van der Waals surface area contributed by atoms with Crippen molar-refractivity contribution < 1.29 is 24.6 Å². The smallest absolute Gasteiger partial charge is 0.339 e. The number of urea groups is 1. The van der Waals surface area contributed by atoms with E-state index in [1.807, 2.05) is 6.92 Å². The minimum absolute atomic E-state index is 0.0195. The molecule has 0 aliphatic heterocycles. The number of phenols is 1. The maximum Gasteiger partial charge on any atom is 0.339 e. The summed E-state index contributed by atoms with van der Waals surface area (Å²) >= 11 is 1.72. The lowest BCUT2D eigenvalue weighted by molar-refractivity contribution is -0.118. The van der Waals surface area contributed by atoms with Crippen molar-refractivity contribution >= 4 is 35.2 Å². The zero-order valence-electron chi connectivity index (χ0n) is 25.8. The number of allylic oxidation sites excluding steroid dienone is 10. The molecule has 1 aromatic carbocycles. The largest absolute Gasteiger partial charge is 0.507 e. The summed E-state index contributed by atoms with van der Waals surface area (Å²) in [6, 6.07) is 3.32. The first-order valence-electron chi connectivity index (χ1n) is 15.4. The van der Waals surface area contributed by atoms with Crippen LogP contribution < -0.4 is 10.6 Å². The van der Waals surface area contributed by atoms with Crippen LogP contribution >= 0.6 is 11.8 Å². The van der Waals surface area contributed by atoms with Crippen LogP contribution in [0.1, 0.15) is 94.8 Å². The van der Waals surface area contributed by atoms with E-state index in [0.717, 1.165) is 63.5 Å². The Balaban J connectivity index is 2.10. The molecule has 0 aliphatic rings. The molecule has 236 valence electrons. The number of anilines is 1. The van der Waals surface area contributed by atoms with Crippen LogP contribution in [0.25, 0.3) is 0 Å². The topological polar surface area (TPSA) is 116 Å². The number of carboxylic acid groups (broad SMARTS) is 1. The predicted molar refractivity (Wildman–Crippen MR) is 181 cm³/mol. The highest BCUT2D eigenvalue weighted by Gasteiger charge is 2.16. The third kappa shape index (κ3) is 19.3. The quantitative estimate of drug-likeness (QED) is 0.0558. The number of benzene rings is 1. The molecule has 0 aromatic heterocycles. The molecule has 0 saturated carbocycles. The fraction of sp³-hybridized carbons (Fsp3) is 0.457. The first kappa shape index (κ1) is 37.5. The number of hydrogen-bond acceptors (Lipinski definition) is 5. The highest BCUT2D eigenvalue weighted by atomic mass is 32.2. The summed E-state index contributed by atoms with van der Waals surface area (Å²) < 4.78 is 0. The highest BCUT2D eigenvalue weighted by Crippen LogP contribution is 2.22. The minimum Gasteiger partial charge on any atom is -0.507 e. The lowest BCUT2D eigenvalue weighted by Gasteiger charge is -2.13. The third-order valence-corrected chi connectivity index (χ3v) is 7.87. The Kier molecular flexibility index (Phi) is 21.8. The molecule has 0 spiro atoms. The molecule has 2 amide bonds. The Hall–Kier alpha value is -3.52. The van der Waals surface area contributed by atoms with E-state index in [4.69, 9.17) is 5.11 Å². The number of aromatic carboxylic acids is 1. The number of thioether (sulfide) groups is 1. The highest BCUT2D eigenvalue weighted by molar-refractivity contribution is 8.00. The Morgan fingerprint density at radius 3 is 2.02 bits per heavy atom. The lowest BCUT2D eigenvalue weighted by atomic mass is 10.1. The lowest BCUT2D eigenvalue weighted by Crippen LogP contribution is -2.30. The summed E-state index contributed by atoms with van der Waals surface area (Å²) in [7, 11) is 0. The van der Waals surface area contributed by atoms with Gasteiger partial charge in [0.25, 0.3) is 0 Å². The van der Waals surface area contributed by atoms with Gasteiger partial charge in [0.1, 0.15) is 17.1 Å². The van der Waals surface area contributed by atoms with Crippen molar-refractivity contribution in [3.8, 4) is 5.75 Å².